The fraction of sp³-hybridized carbons (Fsp3) is 0.533. The number of likely N-dealkylation sites (tertiary alicyclic amines) is 1. The van der Waals surface area contributed by atoms with E-state index in [4.69, 9.17) is 5.11 Å². The number of carbonyl (C=O) groups excluding carboxylic acids is 1. The molecule has 1 amide bonds. The van der Waals surface area contributed by atoms with Gasteiger partial charge in [0.2, 0.25) is 5.91 Å². The first-order chi connectivity index (χ1) is 9.29. The Balaban J connectivity index is 1.64. The van der Waals surface area contributed by atoms with Gasteiger partial charge in [0.1, 0.15) is 0 Å². The van der Waals surface area contributed by atoms with Crippen LogP contribution in [0.4, 0.5) is 0 Å². The first-order valence-electron chi connectivity index (χ1n) is 6.97. The molecule has 0 spiro atoms. The van der Waals surface area contributed by atoms with E-state index in [9.17, 15) is 4.79 Å². The molecule has 1 aliphatic rings. The van der Waals surface area contributed by atoms with Gasteiger partial charge in [-0.3, -0.25) is 4.79 Å². The molecular formula is C15H22N2O2. The van der Waals surface area contributed by atoms with E-state index in [1.807, 2.05) is 29.2 Å². The molecule has 19 heavy (non-hydrogen) atoms. The van der Waals surface area contributed by atoms with Crippen LogP contribution in [0.3, 0.4) is 0 Å². The van der Waals surface area contributed by atoms with Crippen LogP contribution in [0.1, 0.15) is 30.4 Å². The number of nitrogens with one attached hydrogen (secondary N) is 1. The number of carbonyl (C=O) groups is 1. The third-order valence-corrected chi connectivity index (χ3v) is 3.51. The van der Waals surface area contributed by atoms with Gasteiger partial charge >= 0.3 is 0 Å². The molecule has 0 atom stereocenters. The molecule has 0 unspecified atom stereocenters. The van der Waals surface area contributed by atoms with E-state index in [-0.39, 0.29) is 12.5 Å². The standard InChI is InChI=1S/C15H22N2O2/c18-12-14-5-3-13(4-6-14)11-16-8-7-15(19)17-9-1-2-10-17/h3-6,16,18H,1-2,7-12H2. The van der Waals surface area contributed by atoms with Gasteiger partial charge in [-0.05, 0) is 24.0 Å². The molecule has 104 valence electrons. The molecule has 4 nitrogen and oxygen atoms in total. The summed E-state index contributed by atoms with van der Waals surface area (Å²) in [6.07, 6.45) is 2.88. The Morgan fingerprint density at radius 3 is 2.42 bits per heavy atom. The summed E-state index contributed by atoms with van der Waals surface area (Å²) in [6.45, 7) is 3.43. The van der Waals surface area contributed by atoms with Crippen LogP contribution >= 0.6 is 0 Å². The molecule has 0 bridgehead atoms. The SMILES string of the molecule is O=C(CCNCc1ccc(CO)cc1)N1CCCC1. The smallest absolute Gasteiger partial charge is 0.223 e. The molecule has 0 aromatic heterocycles. The van der Waals surface area contributed by atoms with E-state index >= 15 is 0 Å². The van der Waals surface area contributed by atoms with E-state index in [1.54, 1.807) is 0 Å². The minimum Gasteiger partial charge on any atom is -0.392 e. The number of benzene rings is 1. The highest BCUT2D eigenvalue weighted by Gasteiger charge is 2.16. The average Bonchev–Trinajstić information content (AvgIpc) is 2.98. The number of hydrogen-bond acceptors (Lipinski definition) is 3. The molecule has 1 saturated heterocycles. The maximum atomic E-state index is 11.8. The topological polar surface area (TPSA) is 52.6 Å². The Morgan fingerprint density at radius 1 is 1.16 bits per heavy atom. The molecule has 0 radical (unpaired) electrons. The van der Waals surface area contributed by atoms with Crippen LogP contribution in [0.15, 0.2) is 24.3 Å². The summed E-state index contributed by atoms with van der Waals surface area (Å²) in [6, 6.07) is 7.85. The lowest BCUT2D eigenvalue weighted by atomic mass is 10.1. The van der Waals surface area contributed by atoms with E-state index < -0.39 is 0 Å². The van der Waals surface area contributed by atoms with E-state index in [1.165, 1.54) is 5.56 Å². The largest absolute Gasteiger partial charge is 0.392 e. The number of aliphatic hydroxyl groups is 1. The van der Waals surface area contributed by atoms with Crippen molar-refractivity contribution < 1.29 is 9.90 Å². The van der Waals surface area contributed by atoms with E-state index in [0.717, 1.165) is 44.6 Å². The van der Waals surface area contributed by atoms with Gasteiger partial charge in [0, 0.05) is 32.6 Å². The van der Waals surface area contributed by atoms with Crippen molar-refractivity contribution in [3.05, 3.63) is 35.4 Å². The van der Waals surface area contributed by atoms with Gasteiger partial charge in [0.25, 0.3) is 0 Å². The molecule has 2 N–H and O–H groups in total. The van der Waals surface area contributed by atoms with Crippen LogP contribution in [0.2, 0.25) is 0 Å². The summed E-state index contributed by atoms with van der Waals surface area (Å²) in [5.41, 5.74) is 2.10. The molecule has 4 heteroatoms. The van der Waals surface area contributed by atoms with Crippen molar-refractivity contribution in [2.24, 2.45) is 0 Å². The molecule has 1 aromatic carbocycles. The fourth-order valence-corrected chi connectivity index (χ4v) is 2.32. The van der Waals surface area contributed by atoms with Crippen LogP contribution < -0.4 is 5.32 Å². The monoisotopic (exact) mass is 262 g/mol. The van der Waals surface area contributed by atoms with Gasteiger partial charge in [-0.25, -0.2) is 0 Å². The summed E-state index contributed by atoms with van der Waals surface area (Å²) in [5, 5.41) is 12.2. The second-order valence-electron chi connectivity index (χ2n) is 4.99. The maximum Gasteiger partial charge on any atom is 0.223 e. The molecule has 1 aromatic rings. The van der Waals surface area contributed by atoms with Crippen molar-refractivity contribution in [1.29, 1.82) is 0 Å². The van der Waals surface area contributed by atoms with Gasteiger partial charge < -0.3 is 15.3 Å². The first kappa shape index (κ1) is 14.0. The van der Waals surface area contributed by atoms with E-state index in [2.05, 4.69) is 5.32 Å². The summed E-state index contributed by atoms with van der Waals surface area (Å²) in [4.78, 5) is 13.8. The van der Waals surface area contributed by atoms with Crippen LogP contribution in [0, 0.1) is 0 Å². The van der Waals surface area contributed by atoms with Gasteiger partial charge in [-0.15, -0.1) is 0 Å². The molecule has 2 rings (SSSR count). The fourth-order valence-electron chi connectivity index (χ4n) is 2.32. The summed E-state index contributed by atoms with van der Waals surface area (Å²) in [5.74, 6) is 0.264. The molecular weight excluding hydrogens is 240 g/mol. The number of hydrogen-bond donors (Lipinski definition) is 2. The van der Waals surface area contributed by atoms with Crippen LogP contribution in [0.5, 0.6) is 0 Å². The van der Waals surface area contributed by atoms with Crippen molar-refractivity contribution >= 4 is 5.91 Å². The first-order valence-corrected chi connectivity index (χ1v) is 6.97. The third-order valence-electron chi connectivity index (χ3n) is 3.51. The zero-order valence-corrected chi connectivity index (χ0v) is 11.3. The van der Waals surface area contributed by atoms with Crippen LogP contribution in [-0.2, 0) is 17.9 Å². The summed E-state index contributed by atoms with van der Waals surface area (Å²) < 4.78 is 0. The lowest BCUT2D eigenvalue weighted by molar-refractivity contribution is -0.130. The van der Waals surface area contributed by atoms with Gasteiger partial charge in [-0.2, -0.15) is 0 Å². The second kappa shape index (κ2) is 7.26. The van der Waals surface area contributed by atoms with Crippen LogP contribution in [-0.4, -0.2) is 35.5 Å². The van der Waals surface area contributed by atoms with Gasteiger partial charge in [0.05, 0.1) is 6.61 Å². The predicted molar refractivity (Wildman–Crippen MR) is 74.5 cm³/mol. The highest BCUT2D eigenvalue weighted by molar-refractivity contribution is 5.76. The normalized spacial score (nSPS) is 14.9. The zero-order chi connectivity index (χ0) is 13.5. The number of aliphatic hydroxyl groups excluding tert-OH is 1. The molecule has 1 fully saturated rings. The molecule has 0 aliphatic carbocycles. The lowest BCUT2D eigenvalue weighted by Crippen LogP contribution is -2.30. The zero-order valence-electron chi connectivity index (χ0n) is 11.3. The lowest BCUT2D eigenvalue weighted by Gasteiger charge is -2.15. The number of rotatable bonds is 6. The van der Waals surface area contributed by atoms with Crippen molar-refractivity contribution in [1.82, 2.24) is 10.2 Å². The van der Waals surface area contributed by atoms with Gasteiger partial charge in [0.15, 0.2) is 0 Å². The number of amides is 1. The molecule has 0 saturated carbocycles. The Morgan fingerprint density at radius 2 is 1.79 bits per heavy atom. The minimum absolute atomic E-state index is 0.0814. The predicted octanol–water partition coefficient (Wildman–Crippen LogP) is 1.28. The Bertz CT molecular complexity index is 397. The van der Waals surface area contributed by atoms with Crippen molar-refractivity contribution in [3.8, 4) is 0 Å². The van der Waals surface area contributed by atoms with Crippen molar-refractivity contribution in [3.63, 3.8) is 0 Å². The van der Waals surface area contributed by atoms with E-state index in [0.29, 0.717) is 6.42 Å². The highest BCUT2D eigenvalue weighted by Crippen LogP contribution is 2.08. The van der Waals surface area contributed by atoms with Crippen molar-refractivity contribution in [2.45, 2.75) is 32.4 Å². The Kier molecular flexibility index (Phi) is 5.36. The number of nitrogens with zero attached hydrogens (tertiary/aromatic N) is 1. The van der Waals surface area contributed by atoms with Crippen molar-refractivity contribution in [2.75, 3.05) is 19.6 Å². The highest BCUT2D eigenvalue weighted by atomic mass is 16.3. The minimum atomic E-state index is 0.0814. The molecule has 1 heterocycles. The van der Waals surface area contributed by atoms with Gasteiger partial charge in [-0.1, -0.05) is 24.3 Å². The Labute approximate surface area is 114 Å². The maximum absolute atomic E-state index is 11.8. The average molecular weight is 262 g/mol. The van der Waals surface area contributed by atoms with Crippen LogP contribution in [0.25, 0.3) is 0 Å². The summed E-state index contributed by atoms with van der Waals surface area (Å²) in [7, 11) is 0. The summed E-state index contributed by atoms with van der Waals surface area (Å²) >= 11 is 0. The second-order valence-corrected chi connectivity index (χ2v) is 4.99. The third kappa shape index (κ3) is 4.33. The quantitative estimate of drug-likeness (QED) is 0.759. The Hall–Kier alpha value is -1.39. The molecule has 1 aliphatic heterocycles.